The number of hydrogen-bond donors (Lipinski definition) is 2. The summed E-state index contributed by atoms with van der Waals surface area (Å²) in [5, 5.41) is 15.4. The normalized spacial score (nSPS) is 19.8. The van der Waals surface area contributed by atoms with Crippen molar-refractivity contribution in [3.63, 3.8) is 0 Å². The van der Waals surface area contributed by atoms with Crippen LogP contribution in [0.2, 0.25) is 0 Å². The van der Waals surface area contributed by atoms with Crippen LogP contribution in [-0.4, -0.2) is 38.4 Å². The van der Waals surface area contributed by atoms with Gasteiger partial charge in [-0.3, -0.25) is 9.59 Å². The van der Waals surface area contributed by atoms with E-state index in [1.165, 1.54) is 31.0 Å². The molecule has 162 valence electrons. The Morgan fingerprint density at radius 3 is 2.63 bits per heavy atom. The summed E-state index contributed by atoms with van der Waals surface area (Å²) in [6, 6.07) is 9.09. The average molecular weight is 430 g/mol. The van der Waals surface area contributed by atoms with E-state index in [0.29, 0.717) is 34.8 Å². The maximum absolute atomic E-state index is 12.4. The van der Waals surface area contributed by atoms with Gasteiger partial charge in [0.15, 0.2) is 11.0 Å². The molecule has 2 N–H and O–H groups in total. The van der Waals surface area contributed by atoms with E-state index in [1.54, 1.807) is 12.1 Å². The molecule has 30 heavy (non-hydrogen) atoms. The number of nitrogens with zero attached hydrogens (tertiary/aromatic N) is 3. The van der Waals surface area contributed by atoms with Gasteiger partial charge in [-0.05, 0) is 44.7 Å². The van der Waals surface area contributed by atoms with Crippen molar-refractivity contribution in [3.8, 4) is 0 Å². The lowest BCUT2D eigenvalue weighted by Crippen LogP contribution is -2.41. The molecule has 2 aromatic rings. The Kier molecular flexibility index (Phi) is 7.90. The van der Waals surface area contributed by atoms with Crippen molar-refractivity contribution in [2.45, 2.75) is 70.2 Å². The number of hydrogen-bond acceptors (Lipinski definition) is 5. The molecule has 1 aromatic carbocycles. The van der Waals surface area contributed by atoms with Crippen LogP contribution in [0.1, 0.15) is 68.7 Å². The van der Waals surface area contributed by atoms with Crippen molar-refractivity contribution < 1.29 is 9.59 Å². The topological polar surface area (TPSA) is 88.9 Å². The van der Waals surface area contributed by atoms with Gasteiger partial charge in [0, 0.05) is 18.2 Å². The Morgan fingerprint density at radius 1 is 1.20 bits per heavy atom. The van der Waals surface area contributed by atoms with Crippen molar-refractivity contribution in [3.05, 3.63) is 41.7 Å². The van der Waals surface area contributed by atoms with E-state index in [-0.39, 0.29) is 23.9 Å². The van der Waals surface area contributed by atoms with Crippen molar-refractivity contribution in [1.82, 2.24) is 25.4 Å². The molecule has 1 aliphatic rings. The third-order valence-corrected chi connectivity index (χ3v) is 6.59. The van der Waals surface area contributed by atoms with E-state index in [9.17, 15) is 9.59 Å². The highest BCUT2D eigenvalue weighted by molar-refractivity contribution is 7.99. The first-order chi connectivity index (χ1) is 14.5. The van der Waals surface area contributed by atoms with Crippen LogP contribution in [0, 0.1) is 5.92 Å². The first-order valence-electron chi connectivity index (χ1n) is 10.7. The molecule has 0 radical (unpaired) electrons. The van der Waals surface area contributed by atoms with Gasteiger partial charge in [-0.25, -0.2) is 0 Å². The predicted octanol–water partition coefficient (Wildman–Crippen LogP) is 3.58. The zero-order valence-corrected chi connectivity index (χ0v) is 18.7. The van der Waals surface area contributed by atoms with Crippen LogP contribution >= 0.6 is 11.8 Å². The molecule has 0 unspecified atom stereocenters. The van der Waals surface area contributed by atoms with Crippen molar-refractivity contribution in [1.29, 1.82) is 0 Å². The van der Waals surface area contributed by atoms with E-state index < -0.39 is 0 Å². The highest BCUT2D eigenvalue weighted by Crippen LogP contribution is 2.24. The summed E-state index contributed by atoms with van der Waals surface area (Å²) in [5.74, 6) is 1.42. The molecule has 1 fully saturated rings. The summed E-state index contributed by atoms with van der Waals surface area (Å²) in [6.07, 6.45) is 4.68. The largest absolute Gasteiger partial charge is 0.352 e. The molecule has 8 heteroatoms. The van der Waals surface area contributed by atoms with Crippen molar-refractivity contribution >= 4 is 23.6 Å². The molecule has 1 heterocycles. The van der Waals surface area contributed by atoms with Crippen LogP contribution < -0.4 is 10.6 Å². The molecule has 0 aliphatic heterocycles. The van der Waals surface area contributed by atoms with E-state index in [2.05, 4.69) is 27.8 Å². The number of carbonyl (C=O) groups is 2. The van der Waals surface area contributed by atoms with Crippen molar-refractivity contribution in [2.24, 2.45) is 5.92 Å². The van der Waals surface area contributed by atoms with Gasteiger partial charge < -0.3 is 15.2 Å². The lowest BCUT2D eigenvalue weighted by molar-refractivity contribution is -0.119. The molecule has 1 saturated carbocycles. The fourth-order valence-corrected chi connectivity index (χ4v) is 4.69. The number of nitrogens with one attached hydrogen (secondary N) is 2. The lowest BCUT2D eigenvalue weighted by atomic mass is 9.86. The third kappa shape index (κ3) is 5.62. The first-order valence-corrected chi connectivity index (χ1v) is 11.7. The fraction of sp³-hybridized carbons (Fsp3) is 0.545. The maximum Gasteiger partial charge on any atom is 0.251 e. The van der Waals surface area contributed by atoms with Crippen LogP contribution in [-0.2, 0) is 11.3 Å². The summed E-state index contributed by atoms with van der Waals surface area (Å²) >= 11 is 1.39. The van der Waals surface area contributed by atoms with Gasteiger partial charge >= 0.3 is 0 Å². The van der Waals surface area contributed by atoms with Gasteiger partial charge in [-0.15, -0.1) is 10.2 Å². The number of amides is 2. The smallest absolute Gasteiger partial charge is 0.251 e. The van der Waals surface area contributed by atoms with Crippen LogP contribution in [0.5, 0.6) is 0 Å². The molecule has 1 aromatic heterocycles. The lowest BCUT2D eigenvalue weighted by Gasteiger charge is -2.29. The average Bonchev–Trinajstić information content (AvgIpc) is 3.17. The molecular formula is C22H31N5O2S. The van der Waals surface area contributed by atoms with Crippen LogP contribution in [0.4, 0.5) is 0 Å². The number of rotatable bonds is 8. The minimum absolute atomic E-state index is 0.0383. The zero-order valence-electron chi connectivity index (χ0n) is 17.9. The summed E-state index contributed by atoms with van der Waals surface area (Å²) in [5.41, 5.74) is 0.607. The first kappa shape index (κ1) is 22.3. The Balaban J connectivity index is 1.58. The minimum Gasteiger partial charge on any atom is -0.352 e. The summed E-state index contributed by atoms with van der Waals surface area (Å²) in [6.45, 7) is 6.77. The third-order valence-electron chi connectivity index (χ3n) is 5.62. The zero-order chi connectivity index (χ0) is 21.5. The highest BCUT2D eigenvalue weighted by Gasteiger charge is 2.24. The van der Waals surface area contributed by atoms with E-state index in [4.69, 9.17) is 0 Å². The maximum atomic E-state index is 12.4. The highest BCUT2D eigenvalue weighted by atomic mass is 32.2. The standard InChI is InChI=1S/C22H31N5O2S/c1-4-27-20(16(3)23-21(29)17-11-6-5-7-12-17)25-26-22(27)30-14-19(28)24-18-13-9-8-10-15(18)2/h5-7,11-12,15-16,18H,4,8-10,13-14H2,1-3H3,(H,23,29)(H,24,28)/t15-,16-,18+/m0/s1. The molecule has 0 bridgehead atoms. The van der Waals surface area contributed by atoms with Gasteiger partial charge in [0.2, 0.25) is 5.91 Å². The quantitative estimate of drug-likeness (QED) is 0.626. The van der Waals surface area contributed by atoms with Gasteiger partial charge in [-0.1, -0.05) is 49.7 Å². The number of benzene rings is 1. The summed E-state index contributed by atoms with van der Waals surface area (Å²) in [7, 11) is 0. The minimum atomic E-state index is -0.295. The van der Waals surface area contributed by atoms with E-state index >= 15 is 0 Å². The number of aromatic nitrogens is 3. The Morgan fingerprint density at radius 2 is 1.93 bits per heavy atom. The second-order valence-electron chi connectivity index (χ2n) is 7.87. The Labute approximate surface area is 182 Å². The van der Waals surface area contributed by atoms with Crippen LogP contribution in [0.15, 0.2) is 35.5 Å². The summed E-state index contributed by atoms with van der Waals surface area (Å²) < 4.78 is 1.96. The van der Waals surface area contributed by atoms with Crippen LogP contribution in [0.3, 0.4) is 0 Å². The van der Waals surface area contributed by atoms with Gasteiger partial charge in [-0.2, -0.15) is 0 Å². The molecule has 0 saturated heterocycles. The van der Waals surface area contributed by atoms with E-state index in [0.717, 1.165) is 6.42 Å². The number of carbonyl (C=O) groups excluding carboxylic acids is 2. The fourth-order valence-electron chi connectivity index (χ4n) is 3.87. The molecule has 0 spiro atoms. The molecule has 2 amide bonds. The second kappa shape index (κ2) is 10.6. The van der Waals surface area contributed by atoms with Gasteiger partial charge in [0.05, 0.1) is 11.8 Å². The van der Waals surface area contributed by atoms with Crippen molar-refractivity contribution in [2.75, 3.05) is 5.75 Å². The molecule has 3 rings (SSSR count). The van der Waals surface area contributed by atoms with Gasteiger partial charge in [0.25, 0.3) is 5.91 Å². The van der Waals surface area contributed by atoms with Gasteiger partial charge in [0.1, 0.15) is 0 Å². The molecule has 1 aliphatic carbocycles. The number of thioether (sulfide) groups is 1. The molecule has 3 atom stereocenters. The molecule has 7 nitrogen and oxygen atoms in total. The second-order valence-corrected chi connectivity index (χ2v) is 8.81. The van der Waals surface area contributed by atoms with Crippen LogP contribution in [0.25, 0.3) is 0 Å². The summed E-state index contributed by atoms with van der Waals surface area (Å²) in [4.78, 5) is 24.9. The Hall–Kier alpha value is -2.35. The monoisotopic (exact) mass is 429 g/mol. The SMILES string of the molecule is CCn1c(SCC(=O)N[C@@H]2CCCC[C@@H]2C)nnc1[C@H](C)NC(=O)c1ccccc1. The molecular weight excluding hydrogens is 398 g/mol. The van der Waals surface area contributed by atoms with E-state index in [1.807, 2.05) is 36.6 Å². The predicted molar refractivity (Wildman–Crippen MR) is 118 cm³/mol. The Bertz CT molecular complexity index is 854.